The van der Waals surface area contributed by atoms with Crippen molar-refractivity contribution in [3.63, 3.8) is 0 Å². The van der Waals surface area contributed by atoms with Crippen LogP contribution in [-0.4, -0.2) is 0 Å². The summed E-state index contributed by atoms with van der Waals surface area (Å²) in [6.07, 6.45) is 4.00. The fourth-order valence-corrected chi connectivity index (χ4v) is 0. The van der Waals surface area contributed by atoms with Crippen LogP contribution in [0.2, 0.25) is 0 Å². The summed E-state index contributed by atoms with van der Waals surface area (Å²) < 4.78 is 0. The minimum absolute atomic E-state index is 0. The van der Waals surface area contributed by atoms with Crippen LogP contribution in [0.5, 0.6) is 0 Å². The van der Waals surface area contributed by atoms with Gasteiger partial charge in [-0.2, -0.15) is 0 Å². The van der Waals surface area contributed by atoms with E-state index in [9.17, 15) is 0 Å². The summed E-state index contributed by atoms with van der Waals surface area (Å²) in [5, 5.41) is 0. The molecule has 0 heterocycles. The Morgan fingerprint density at radius 3 is 1.00 bits per heavy atom. The fraction of sp³-hybridized carbons (Fsp3) is 0.500. The van der Waals surface area contributed by atoms with Crippen LogP contribution in [0.1, 0.15) is 13.8 Å². The molecule has 0 aromatic rings. The van der Waals surface area contributed by atoms with E-state index < -0.39 is 0 Å². The van der Waals surface area contributed by atoms with E-state index in [1.807, 2.05) is 26.0 Å². The maximum Gasteiger partial charge on any atom is 1.00 e. The van der Waals surface area contributed by atoms with Crippen LogP contribution in [0.25, 0.3) is 0 Å². The van der Waals surface area contributed by atoms with Crippen molar-refractivity contribution < 1.29 is 59.1 Å². The Morgan fingerprint density at radius 2 is 1.00 bits per heavy atom. The molecule has 0 bridgehead atoms. The molecule has 0 aromatic heterocycles. The Kier molecular flexibility index (Phi) is 41.4. The van der Waals surface area contributed by atoms with Crippen molar-refractivity contribution in [3.8, 4) is 0 Å². The van der Waals surface area contributed by atoms with Gasteiger partial charge in [0.1, 0.15) is 0 Å². The first-order chi connectivity index (χ1) is 1.91. The van der Waals surface area contributed by atoms with Gasteiger partial charge in [0.25, 0.3) is 0 Å². The second-order valence-electron chi connectivity index (χ2n) is 0.667. The molecule has 0 fully saturated rings. The van der Waals surface area contributed by atoms with Crippen molar-refractivity contribution in [2.75, 3.05) is 0 Å². The summed E-state index contributed by atoms with van der Waals surface area (Å²) in [5.41, 5.74) is 0. The molecule has 6 heavy (non-hydrogen) atoms. The van der Waals surface area contributed by atoms with Gasteiger partial charge in [-0.15, -0.1) is 0 Å². The van der Waals surface area contributed by atoms with Crippen LogP contribution >= 0.6 is 0 Å². The van der Waals surface area contributed by atoms with E-state index >= 15 is 0 Å². The van der Waals surface area contributed by atoms with Crippen LogP contribution in [0.15, 0.2) is 12.2 Å². The van der Waals surface area contributed by atoms with Gasteiger partial charge < -0.3 is 0 Å². The second kappa shape index (κ2) is 15.9. The zero-order valence-electron chi connectivity index (χ0n) is 5.15. The normalized spacial score (nSPS) is 6.33. The largest absolute Gasteiger partial charge is 1.00 e. The molecule has 0 atom stereocenters. The maximum atomic E-state index is 2.00. The third-order valence-electron chi connectivity index (χ3n) is 0.333. The second-order valence-corrected chi connectivity index (χ2v) is 0.667. The summed E-state index contributed by atoms with van der Waals surface area (Å²) in [7, 11) is 0. The first-order valence-corrected chi connectivity index (χ1v) is 1.49. The van der Waals surface area contributed by atoms with E-state index in [4.69, 9.17) is 0 Å². The van der Waals surface area contributed by atoms with Crippen LogP contribution in [0, 0.1) is 0 Å². The molecule has 0 spiro atoms. The summed E-state index contributed by atoms with van der Waals surface area (Å²) in [6.45, 7) is 4.00. The van der Waals surface area contributed by atoms with Crippen LogP contribution in [-0.2, 0) is 0 Å². The molecule has 0 aliphatic carbocycles. The average molecular weight is 102 g/mol. The van der Waals surface area contributed by atoms with Gasteiger partial charge in [-0.05, 0) is 13.8 Å². The molecular weight excluding hydrogens is 94.0 g/mol. The summed E-state index contributed by atoms with van der Waals surface area (Å²) in [5.74, 6) is 0. The van der Waals surface area contributed by atoms with Gasteiger partial charge in [0.05, 0.1) is 0 Å². The molecule has 0 aromatic carbocycles. The molecule has 0 rings (SSSR count). The Bertz CT molecular complexity index is 20.7. The number of rotatable bonds is 0. The van der Waals surface area contributed by atoms with E-state index in [1.54, 1.807) is 0 Å². The Labute approximate surface area is 84.0 Å². The van der Waals surface area contributed by atoms with Crippen molar-refractivity contribution >= 4 is 0 Å². The molecule has 0 aliphatic rings. The molecule has 0 unspecified atom stereocenters. The Morgan fingerprint density at radius 1 is 0.833 bits per heavy atom. The molecule has 0 N–H and O–H groups in total. The third-order valence-corrected chi connectivity index (χ3v) is 0.333. The molecule has 0 saturated heterocycles. The SMILES string of the molecule is C/C=C/C.[Na+].[Na+]. The minimum Gasteiger partial charge on any atom is -0.0919 e. The maximum absolute atomic E-state index is 2.00. The predicted octanol–water partition coefficient (Wildman–Crippen LogP) is -4.41. The van der Waals surface area contributed by atoms with Gasteiger partial charge in [0, 0.05) is 0 Å². The van der Waals surface area contributed by atoms with Crippen molar-refractivity contribution in [1.29, 1.82) is 0 Å². The number of hydrogen-bond acceptors (Lipinski definition) is 0. The van der Waals surface area contributed by atoms with Gasteiger partial charge in [-0.3, -0.25) is 0 Å². The predicted molar refractivity (Wildman–Crippen MR) is 20.5 cm³/mol. The van der Waals surface area contributed by atoms with E-state index in [1.165, 1.54) is 0 Å². The first-order valence-electron chi connectivity index (χ1n) is 1.49. The Hall–Kier alpha value is 1.74. The van der Waals surface area contributed by atoms with Crippen molar-refractivity contribution in [3.05, 3.63) is 12.2 Å². The zero-order valence-corrected chi connectivity index (χ0v) is 9.15. The summed E-state index contributed by atoms with van der Waals surface area (Å²) in [6, 6.07) is 0. The smallest absolute Gasteiger partial charge is 0.0919 e. The molecule has 0 amide bonds. The summed E-state index contributed by atoms with van der Waals surface area (Å²) >= 11 is 0. The zero-order chi connectivity index (χ0) is 3.41. The average Bonchev–Trinajstić information content (AvgIpc) is 1.37. The molecule has 0 nitrogen and oxygen atoms in total. The van der Waals surface area contributed by atoms with Gasteiger partial charge >= 0.3 is 59.1 Å². The van der Waals surface area contributed by atoms with Crippen molar-refractivity contribution in [1.82, 2.24) is 0 Å². The number of hydrogen-bond donors (Lipinski definition) is 0. The van der Waals surface area contributed by atoms with Crippen molar-refractivity contribution in [2.45, 2.75) is 13.8 Å². The van der Waals surface area contributed by atoms with Crippen molar-refractivity contribution in [2.24, 2.45) is 0 Å². The molecule has 24 valence electrons. The standard InChI is InChI=1S/C4H8.2Na/c1-3-4-2;;/h3-4H,1-2H3;;/q;2*+1/b4-3+;;. The monoisotopic (exact) mass is 102 g/mol. The topological polar surface area (TPSA) is 0 Å². The summed E-state index contributed by atoms with van der Waals surface area (Å²) in [4.78, 5) is 0. The van der Waals surface area contributed by atoms with E-state index in [-0.39, 0.29) is 59.1 Å². The van der Waals surface area contributed by atoms with Crippen LogP contribution in [0.3, 0.4) is 0 Å². The molecule has 0 saturated carbocycles. The molecule has 2 heteroatoms. The van der Waals surface area contributed by atoms with E-state index in [2.05, 4.69) is 0 Å². The van der Waals surface area contributed by atoms with Gasteiger partial charge in [0.2, 0.25) is 0 Å². The first kappa shape index (κ1) is 15.6. The van der Waals surface area contributed by atoms with Gasteiger partial charge in [-0.25, -0.2) is 0 Å². The molecule has 0 aliphatic heterocycles. The minimum atomic E-state index is 0. The molecular formula is C4H8Na2+2. The number of allylic oxidation sites excluding steroid dienone is 2. The molecule has 0 radical (unpaired) electrons. The fourth-order valence-electron chi connectivity index (χ4n) is 0. The quantitative estimate of drug-likeness (QED) is 0.214. The van der Waals surface area contributed by atoms with Gasteiger partial charge in [-0.1, -0.05) is 12.2 Å². The van der Waals surface area contributed by atoms with E-state index in [0.717, 1.165) is 0 Å². The van der Waals surface area contributed by atoms with Gasteiger partial charge in [0.15, 0.2) is 0 Å². The third kappa shape index (κ3) is 17.2. The Balaban J connectivity index is -0.0000000450. The van der Waals surface area contributed by atoms with Crippen LogP contribution < -0.4 is 59.1 Å². The van der Waals surface area contributed by atoms with E-state index in [0.29, 0.717) is 0 Å². The van der Waals surface area contributed by atoms with Crippen LogP contribution in [0.4, 0.5) is 0 Å².